The lowest BCUT2D eigenvalue weighted by Gasteiger charge is -2.37. The molecule has 4 nitrogen and oxygen atoms in total. The van der Waals surface area contributed by atoms with E-state index in [1.54, 1.807) is 0 Å². The van der Waals surface area contributed by atoms with Crippen molar-refractivity contribution in [1.29, 1.82) is 0 Å². The van der Waals surface area contributed by atoms with Crippen LogP contribution in [0.25, 0.3) is 0 Å². The molecule has 2 fully saturated rings. The second kappa shape index (κ2) is 5.83. The second-order valence-corrected chi connectivity index (χ2v) is 5.37. The van der Waals surface area contributed by atoms with Crippen LogP contribution < -0.4 is 5.73 Å². The van der Waals surface area contributed by atoms with Crippen molar-refractivity contribution >= 4 is 5.91 Å². The van der Waals surface area contributed by atoms with Gasteiger partial charge in [-0.15, -0.1) is 0 Å². The summed E-state index contributed by atoms with van der Waals surface area (Å²) < 4.78 is 0. The fourth-order valence-corrected chi connectivity index (χ4v) is 2.91. The minimum atomic E-state index is 0.253. The Morgan fingerprint density at radius 1 is 1.12 bits per heavy atom. The molecular weight excluding hydrogens is 214 g/mol. The van der Waals surface area contributed by atoms with Gasteiger partial charge in [0.1, 0.15) is 0 Å². The molecule has 1 saturated heterocycles. The van der Waals surface area contributed by atoms with Crippen LogP contribution in [-0.4, -0.2) is 54.5 Å². The first-order valence-electron chi connectivity index (χ1n) is 6.97. The van der Waals surface area contributed by atoms with Crippen molar-refractivity contribution < 1.29 is 4.79 Å². The highest BCUT2D eigenvalue weighted by molar-refractivity contribution is 5.79. The summed E-state index contributed by atoms with van der Waals surface area (Å²) in [5.41, 5.74) is 5.88. The standard InChI is InChI=1S/C13H25N3O/c1-2-15-7-9-16(10-8-15)13(17)11-3-5-12(14)6-4-11/h11-12H,2-10,14H2,1H3. The Morgan fingerprint density at radius 3 is 2.24 bits per heavy atom. The third kappa shape index (κ3) is 3.19. The maximum atomic E-state index is 12.3. The topological polar surface area (TPSA) is 49.6 Å². The van der Waals surface area contributed by atoms with Crippen LogP contribution in [0.2, 0.25) is 0 Å². The van der Waals surface area contributed by atoms with E-state index in [2.05, 4.69) is 16.7 Å². The smallest absolute Gasteiger partial charge is 0.225 e. The molecule has 0 spiro atoms. The Balaban J connectivity index is 1.80. The molecule has 2 rings (SSSR count). The van der Waals surface area contributed by atoms with Crippen LogP contribution in [0.5, 0.6) is 0 Å². The normalized spacial score (nSPS) is 31.5. The van der Waals surface area contributed by atoms with Gasteiger partial charge in [0.15, 0.2) is 0 Å². The SMILES string of the molecule is CCN1CCN(C(=O)C2CCC(N)CC2)CC1. The molecule has 0 aromatic rings. The third-order valence-corrected chi connectivity index (χ3v) is 4.25. The van der Waals surface area contributed by atoms with Crippen molar-refractivity contribution in [3.8, 4) is 0 Å². The zero-order valence-electron chi connectivity index (χ0n) is 10.9. The van der Waals surface area contributed by atoms with Gasteiger partial charge in [-0.05, 0) is 32.2 Å². The lowest BCUT2D eigenvalue weighted by Crippen LogP contribution is -2.50. The van der Waals surface area contributed by atoms with Gasteiger partial charge in [-0.1, -0.05) is 6.92 Å². The van der Waals surface area contributed by atoms with E-state index in [1.165, 1.54) is 0 Å². The molecule has 4 heteroatoms. The summed E-state index contributed by atoms with van der Waals surface area (Å²) in [6.07, 6.45) is 4.03. The van der Waals surface area contributed by atoms with Crippen LogP contribution in [0.4, 0.5) is 0 Å². The van der Waals surface area contributed by atoms with Gasteiger partial charge in [0.25, 0.3) is 0 Å². The Labute approximate surface area is 104 Å². The zero-order valence-corrected chi connectivity index (χ0v) is 10.9. The first kappa shape index (κ1) is 12.8. The molecule has 1 aliphatic carbocycles. The number of amides is 1. The van der Waals surface area contributed by atoms with Crippen molar-refractivity contribution in [2.45, 2.75) is 38.6 Å². The summed E-state index contributed by atoms with van der Waals surface area (Å²) >= 11 is 0. The van der Waals surface area contributed by atoms with Crippen LogP contribution in [0.1, 0.15) is 32.6 Å². The van der Waals surface area contributed by atoms with Gasteiger partial charge in [-0.2, -0.15) is 0 Å². The Morgan fingerprint density at radius 2 is 1.71 bits per heavy atom. The van der Waals surface area contributed by atoms with E-state index in [1.807, 2.05) is 0 Å². The largest absolute Gasteiger partial charge is 0.340 e. The maximum Gasteiger partial charge on any atom is 0.225 e. The molecule has 1 heterocycles. The van der Waals surface area contributed by atoms with Gasteiger partial charge in [0, 0.05) is 38.1 Å². The van der Waals surface area contributed by atoms with E-state index in [-0.39, 0.29) is 5.92 Å². The third-order valence-electron chi connectivity index (χ3n) is 4.25. The monoisotopic (exact) mass is 239 g/mol. The average molecular weight is 239 g/mol. The van der Waals surface area contributed by atoms with E-state index in [0.717, 1.165) is 58.4 Å². The van der Waals surface area contributed by atoms with Crippen LogP contribution in [-0.2, 0) is 4.79 Å². The summed E-state index contributed by atoms with van der Waals surface area (Å²) in [6, 6.07) is 0.330. The highest BCUT2D eigenvalue weighted by atomic mass is 16.2. The quantitative estimate of drug-likeness (QED) is 0.770. The van der Waals surface area contributed by atoms with Crippen molar-refractivity contribution in [3.05, 3.63) is 0 Å². The van der Waals surface area contributed by atoms with Crippen LogP contribution in [0.3, 0.4) is 0 Å². The number of likely N-dealkylation sites (N-methyl/N-ethyl adjacent to an activating group) is 1. The van der Waals surface area contributed by atoms with Gasteiger partial charge in [-0.25, -0.2) is 0 Å². The number of hydrogen-bond acceptors (Lipinski definition) is 3. The molecule has 1 amide bonds. The van der Waals surface area contributed by atoms with Gasteiger partial charge >= 0.3 is 0 Å². The number of carbonyl (C=O) groups excluding carboxylic acids is 1. The van der Waals surface area contributed by atoms with Gasteiger partial charge < -0.3 is 15.5 Å². The number of carbonyl (C=O) groups is 1. The molecule has 0 atom stereocenters. The van der Waals surface area contributed by atoms with Gasteiger partial charge in [0.2, 0.25) is 5.91 Å². The molecule has 2 N–H and O–H groups in total. The lowest BCUT2D eigenvalue weighted by molar-refractivity contribution is -0.138. The lowest BCUT2D eigenvalue weighted by atomic mass is 9.85. The molecule has 0 unspecified atom stereocenters. The highest BCUT2D eigenvalue weighted by Crippen LogP contribution is 2.25. The van der Waals surface area contributed by atoms with Crippen molar-refractivity contribution in [1.82, 2.24) is 9.80 Å². The Hall–Kier alpha value is -0.610. The average Bonchev–Trinajstić information content (AvgIpc) is 2.39. The molecule has 0 aromatic heterocycles. The predicted octanol–water partition coefficient (Wildman–Crippen LogP) is 0.668. The highest BCUT2D eigenvalue weighted by Gasteiger charge is 2.29. The zero-order chi connectivity index (χ0) is 12.3. The van der Waals surface area contributed by atoms with Crippen molar-refractivity contribution in [2.24, 2.45) is 11.7 Å². The van der Waals surface area contributed by atoms with Gasteiger partial charge in [-0.3, -0.25) is 4.79 Å². The number of hydrogen-bond donors (Lipinski definition) is 1. The minimum Gasteiger partial charge on any atom is -0.340 e. The molecule has 0 radical (unpaired) electrons. The Kier molecular flexibility index (Phi) is 4.40. The number of nitrogens with zero attached hydrogens (tertiary/aromatic N) is 2. The van der Waals surface area contributed by atoms with E-state index in [4.69, 9.17) is 5.73 Å². The molecule has 98 valence electrons. The van der Waals surface area contributed by atoms with E-state index < -0.39 is 0 Å². The van der Waals surface area contributed by atoms with Crippen molar-refractivity contribution in [2.75, 3.05) is 32.7 Å². The summed E-state index contributed by atoms with van der Waals surface area (Å²) in [6.45, 7) is 7.17. The number of nitrogens with two attached hydrogens (primary N) is 1. The molecule has 2 aliphatic rings. The maximum absolute atomic E-state index is 12.3. The fraction of sp³-hybridized carbons (Fsp3) is 0.923. The molecule has 0 aromatic carbocycles. The summed E-state index contributed by atoms with van der Waals surface area (Å²) in [5.74, 6) is 0.635. The van der Waals surface area contributed by atoms with Crippen LogP contribution in [0.15, 0.2) is 0 Å². The molecular formula is C13H25N3O. The second-order valence-electron chi connectivity index (χ2n) is 5.37. The summed E-state index contributed by atoms with van der Waals surface area (Å²) in [7, 11) is 0. The summed E-state index contributed by atoms with van der Waals surface area (Å²) in [5, 5.41) is 0. The Bertz CT molecular complexity index is 253. The minimum absolute atomic E-state index is 0.253. The van der Waals surface area contributed by atoms with E-state index in [0.29, 0.717) is 11.9 Å². The summed E-state index contributed by atoms with van der Waals surface area (Å²) in [4.78, 5) is 16.8. The fourth-order valence-electron chi connectivity index (χ4n) is 2.91. The van der Waals surface area contributed by atoms with Crippen LogP contribution in [0, 0.1) is 5.92 Å². The van der Waals surface area contributed by atoms with Gasteiger partial charge in [0.05, 0.1) is 0 Å². The first-order valence-corrected chi connectivity index (χ1v) is 6.97. The number of piperazine rings is 1. The molecule has 0 bridgehead atoms. The predicted molar refractivity (Wildman–Crippen MR) is 68.6 cm³/mol. The number of rotatable bonds is 2. The molecule has 17 heavy (non-hydrogen) atoms. The van der Waals surface area contributed by atoms with E-state index >= 15 is 0 Å². The van der Waals surface area contributed by atoms with Crippen LogP contribution >= 0.6 is 0 Å². The molecule has 1 aliphatic heterocycles. The first-order chi connectivity index (χ1) is 8.20. The van der Waals surface area contributed by atoms with E-state index in [9.17, 15) is 4.79 Å². The van der Waals surface area contributed by atoms with Crippen molar-refractivity contribution in [3.63, 3.8) is 0 Å². The molecule has 1 saturated carbocycles.